The van der Waals surface area contributed by atoms with E-state index in [1.54, 1.807) is 4.90 Å². The van der Waals surface area contributed by atoms with E-state index >= 15 is 0 Å². The number of benzene rings is 2. The van der Waals surface area contributed by atoms with Crippen LogP contribution in [0.3, 0.4) is 0 Å². The number of nitrogens with zero attached hydrogens (tertiary/aromatic N) is 1. The summed E-state index contributed by atoms with van der Waals surface area (Å²) in [7, 11) is 1.81. The summed E-state index contributed by atoms with van der Waals surface area (Å²) < 4.78 is 5.79. The van der Waals surface area contributed by atoms with Gasteiger partial charge in [0.2, 0.25) is 11.8 Å². The second kappa shape index (κ2) is 9.11. The van der Waals surface area contributed by atoms with Crippen LogP contribution in [0.5, 0.6) is 5.75 Å². The van der Waals surface area contributed by atoms with Gasteiger partial charge in [-0.05, 0) is 61.2 Å². The molecule has 1 atom stereocenters. The van der Waals surface area contributed by atoms with Gasteiger partial charge in [-0.15, -0.1) is 0 Å². The quantitative estimate of drug-likeness (QED) is 0.691. The van der Waals surface area contributed by atoms with Crippen molar-refractivity contribution in [3.63, 3.8) is 0 Å². The van der Waals surface area contributed by atoms with E-state index in [0.29, 0.717) is 30.9 Å². The van der Waals surface area contributed by atoms with Crippen molar-refractivity contribution in [1.29, 1.82) is 0 Å². The minimum Gasteiger partial charge on any atom is -0.494 e. The first-order valence-corrected chi connectivity index (χ1v) is 9.88. The Morgan fingerprint density at radius 1 is 1.25 bits per heavy atom. The first-order valence-electron chi connectivity index (χ1n) is 9.51. The van der Waals surface area contributed by atoms with Crippen LogP contribution < -0.4 is 10.1 Å². The van der Waals surface area contributed by atoms with Gasteiger partial charge in [0, 0.05) is 30.6 Å². The van der Waals surface area contributed by atoms with E-state index in [9.17, 15) is 9.59 Å². The number of hydrogen-bond acceptors (Lipinski definition) is 3. The molecule has 0 aliphatic carbocycles. The number of nitrogens with one attached hydrogen (secondary N) is 1. The first-order chi connectivity index (χ1) is 13.4. The minimum atomic E-state index is -0.0389. The molecule has 3 rings (SSSR count). The minimum absolute atomic E-state index is 0.0389. The number of fused-ring (bicyclic) bond motifs is 1. The predicted molar refractivity (Wildman–Crippen MR) is 111 cm³/mol. The van der Waals surface area contributed by atoms with Gasteiger partial charge in [-0.2, -0.15) is 0 Å². The van der Waals surface area contributed by atoms with Crippen molar-refractivity contribution in [3.8, 4) is 5.75 Å². The number of carbonyl (C=O) groups is 2. The van der Waals surface area contributed by atoms with Crippen molar-refractivity contribution >= 4 is 29.1 Å². The molecular weight excluding hydrogens is 376 g/mol. The molecule has 1 N–H and O–H groups in total. The lowest BCUT2D eigenvalue weighted by atomic mass is 10.0. The number of ether oxygens (including phenoxy) is 1. The monoisotopic (exact) mass is 400 g/mol. The average Bonchev–Trinajstić information content (AvgIpc) is 2.70. The number of anilines is 1. The van der Waals surface area contributed by atoms with Crippen LogP contribution in [-0.2, 0) is 16.0 Å². The molecule has 0 radical (unpaired) electrons. The molecule has 0 aromatic heterocycles. The van der Waals surface area contributed by atoms with E-state index in [-0.39, 0.29) is 17.9 Å². The fraction of sp³-hybridized carbons (Fsp3) is 0.364. The number of amides is 2. The lowest BCUT2D eigenvalue weighted by Gasteiger charge is -2.25. The number of halogens is 1. The van der Waals surface area contributed by atoms with Crippen LogP contribution >= 0.6 is 11.6 Å². The molecule has 0 fully saturated rings. The van der Waals surface area contributed by atoms with E-state index < -0.39 is 0 Å². The van der Waals surface area contributed by atoms with Crippen molar-refractivity contribution in [2.24, 2.45) is 0 Å². The van der Waals surface area contributed by atoms with Crippen molar-refractivity contribution < 1.29 is 14.3 Å². The Morgan fingerprint density at radius 2 is 2.07 bits per heavy atom. The molecule has 5 nitrogen and oxygen atoms in total. The van der Waals surface area contributed by atoms with Gasteiger partial charge in [-0.3, -0.25) is 9.59 Å². The Bertz CT molecular complexity index is 869. The molecule has 2 amide bonds. The summed E-state index contributed by atoms with van der Waals surface area (Å²) in [4.78, 5) is 25.6. The van der Waals surface area contributed by atoms with Crippen molar-refractivity contribution in [2.75, 3.05) is 19.0 Å². The normalized spacial score (nSPS) is 14.0. The van der Waals surface area contributed by atoms with Gasteiger partial charge < -0.3 is 15.0 Å². The number of aryl methyl sites for hydroxylation is 1. The Hall–Kier alpha value is -2.53. The topological polar surface area (TPSA) is 58.6 Å². The van der Waals surface area contributed by atoms with E-state index in [4.69, 9.17) is 16.3 Å². The average molecular weight is 401 g/mol. The van der Waals surface area contributed by atoms with Crippen molar-refractivity contribution in [2.45, 2.75) is 38.6 Å². The molecule has 1 heterocycles. The number of hydrogen-bond donors (Lipinski definition) is 1. The SMILES string of the molecule is CC(c1cccc(Cl)c1)N(C)C(=O)CCCOc1ccc2c(c1)CCC(=O)N2. The standard InChI is InChI=1S/C22H25ClN2O3/c1-15(16-5-3-6-18(23)13-16)25(2)22(27)7-4-12-28-19-9-10-20-17(14-19)8-11-21(26)24-20/h3,5-6,9-10,13-15H,4,7-8,11-12H2,1-2H3,(H,24,26). The zero-order chi connectivity index (χ0) is 20.1. The van der Waals surface area contributed by atoms with Crippen LogP contribution in [-0.4, -0.2) is 30.4 Å². The second-order valence-electron chi connectivity index (χ2n) is 7.05. The molecule has 2 aromatic rings. The lowest BCUT2D eigenvalue weighted by molar-refractivity contribution is -0.132. The number of rotatable bonds is 7. The fourth-order valence-corrected chi connectivity index (χ4v) is 3.44. The highest BCUT2D eigenvalue weighted by Gasteiger charge is 2.18. The molecule has 6 heteroatoms. The van der Waals surface area contributed by atoms with E-state index in [2.05, 4.69) is 5.32 Å². The van der Waals surface area contributed by atoms with E-state index in [0.717, 1.165) is 29.0 Å². The van der Waals surface area contributed by atoms with Crippen LogP contribution in [0.1, 0.15) is 43.4 Å². The molecule has 0 bridgehead atoms. The van der Waals surface area contributed by atoms with Gasteiger partial charge >= 0.3 is 0 Å². The highest BCUT2D eigenvalue weighted by atomic mass is 35.5. The molecule has 0 saturated heterocycles. The molecule has 28 heavy (non-hydrogen) atoms. The summed E-state index contributed by atoms with van der Waals surface area (Å²) in [6.07, 6.45) is 2.28. The van der Waals surface area contributed by atoms with Crippen molar-refractivity contribution in [3.05, 3.63) is 58.6 Å². The van der Waals surface area contributed by atoms with Crippen LogP contribution in [0.15, 0.2) is 42.5 Å². The summed E-state index contributed by atoms with van der Waals surface area (Å²) in [5.74, 6) is 0.892. The Labute approximate surface area is 170 Å². The molecule has 1 aliphatic rings. The lowest BCUT2D eigenvalue weighted by Crippen LogP contribution is -2.29. The first kappa shape index (κ1) is 20.2. The van der Waals surface area contributed by atoms with Gasteiger partial charge in [0.1, 0.15) is 5.75 Å². The van der Waals surface area contributed by atoms with Gasteiger partial charge in [0.25, 0.3) is 0 Å². The van der Waals surface area contributed by atoms with Crippen molar-refractivity contribution in [1.82, 2.24) is 4.90 Å². The Morgan fingerprint density at radius 3 is 2.86 bits per heavy atom. The zero-order valence-corrected chi connectivity index (χ0v) is 17.0. The molecule has 1 unspecified atom stereocenters. The highest BCUT2D eigenvalue weighted by Crippen LogP contribution is 2.27. The van der Waals surface area contributed by atoms with Crippen LogP contribution in [0.2, 0.25) is 5.02 Å². The summed E-state index contributed by atoms with van der Waals surface area (Å²) >= 11 is 6.04. The van der Waals surface area contributed by atoms with Gasteiger partial charge in [0.05, 0.1) is 12.6 Å². The maximum atomic E-state index is 12.5. The molecule has 2 aromatic carbocycles. The summed E-state index contributed by atoms with van der Waals surface area (Å²) in [5.41, 5.74) is 2.96. The highest BCUT2D eigenvalue weighted by molar-refractivity contribution is 6.30. The summed E-state index contributed by atoms with van der Waals surface area (Å²) in [5, 5.41) is 3.53. The number of carbonyl (C=O) groups excluding carboxylic acids is 2. The molecule has 148 valence electrons. The second-order valence-corrected chi connectivity index (χ2v) is 7.49. The zero-order valence-electron chi connectivity index (χ0n) is 16.2. The third kappa shape index (κ3) is 5.04. The van der Waals surface area contributed by atoms with Gasteiger partial charge in [0.15, 0.2) is 0 Å². The maximum Gasteiger partial charge on any atom is 0.224 e. The van der Waals surface area contributed by atoms with Crippen LogP contribution in [0, 0.1) is 0 Å². The van der Waals surface area contributed by atoms with Crippen LogP contribution in [0.25, 0.3) is 0 Å². The Balaban J connectivity index is 1.46. The third-order valence-electron chi connectivity index (χ3n) is 5.08. The van der Waals surface area contributed by atoms with E-state index in [1.165, 1.54) is 0 Å². The molecule has 0 saturated carbocycles. The predicted octanol–water partition coefficient (Wildman–Crippen LogP) is 4.60. The molecule has 1 aliphatic heterocycles. The van der Waals surface area contributed by atoms with Crippen LogP contribution in [0.4, 0.5) is 5.69 Å². The van der Waals surface area contributed by atoms with Gasteiger partial charge in [-0.25, -0.2) is 0 Å². The molecular formula is C22H25ClN2O3. The summed E-state index contributed by atoms with van der Waals surface area (Å²) in [6.45, 7) is 2.46. The smallest absolute Gasteiger partial charge is 0.224 e. The fourth-order valence-electron chi connectivity index (χ4n) is 3.25. The Kier molecular flexibility index (Phi) is 6.57. The molecule has 0 spiro atoms. The maximum absolute atomic E-state index is 12.5. The van der Waals surface area contributed by atoms with E-state index in [1.807, 2.05) is 56.4 Å². The van der Waals surface area contributed by atoms with Gasteiger partial charge in [-0.1, -0.05) is 23.7 Å². The summed E-state index contributed by atoms with van der Waals surface area (Å²) in [6, 6.07) is 13.2. The largest absolute Gasteiger partial charge is 0.494 e. The third-order valence-corrected chi connectivity index (χ3v) is 5.32.